The van der Waals surface area contributed by atoms with Gasteiger partial charge in [-0.25, -0.2) is 4.79 Å². The molecule has 37 heavy (non-hydrogen) atoms. The Morgan fingerprint density at radius 2 is 1.92 bits per heavy atom. The molecule has 1 fully saturated rings. The van der Waals surface area contributed by atoms with Crippen LogP contribution < -0.4 is 15.0 Å². The van der Waals surface area contributed by atoms with Crippen molar-refractivity contribution in [3.8, 4) is 17.1 Å². The van der Waals surface area contributed by atoms with Crippen molar-refractivity contribution < 1.29 is 19.1 Å². The van der Waals surface area contributed by atoms with E-state index in [0.717, 1.165) is 17.1 Å². The van der Waals surface area contributed by atoms with Crippen molar-refractivity contribution in [2.75, 3.05) is 4.90 Å². The van der Waals surface area contributed by atoms with E-state index in [2.05, 4.69) is 10.3 Å². The number of thiocarbonyl (C=S) groups is 1. The summed E-state index contributed by atoms with van der Waals surface area (Å²) in [6.07, 6.45) is 1.80. The molecule has 0 spiro atoms. The second kappa shape index (κ2) is 10.2. The van der Waals surface area contributed by atoms with Crippen LogP contribution in [0.5, 0.6) is 5.75 Å². The zero-order valence-corrected chi connectivity index (χ0v) is 21.7. The van der Waals surface area contributed by atoms with E-state index >= 15 is 0 Å². The number of halogens is 1. The molecular weight excluding hydrogens is 510 g/mol. The van der Waals surface area contributed by atoms with Crippen LogP contribution in [0.15, 0.2) is 83.4 Å². The number of pyridine rings is 1. The van der Waals surface area contributed by atoms with Crippen molar-refractivity contribution in [2.24, 2.45) is 0 Å². The molecule has 0 aliphatic carbocycles. The van der Waals surface area contributed by atoms with E-state index in [1.54, 1.807) is 18.3 Å². The minimum absolute atomic E-state index is 0.0645. The molecule has 1 aliphatic rings. The fraction of sp³-hybridized carbons (Fsp3) is 0.179. The van der Waals surface area contributed by atoms with Gasteiger partial charge in [-0.15, -0.1) is 0 Å². The normalized spacial score (nSPS) is 17.2. The summed E-state index contributed by atoms with van der Waals surface area (Å²) in [7, 11) is 0. The van der Waals surface area contributed by atoms with Gasteiger partial charge in [-0.05, 0) is 92.8 Å². The largest absolute Gasteiger partial charge is 0.491 e. The van der Waals surface area contributed by atoms with Crippen molar-refractivity contribution in [3.63, 3.8) is 0 Å². The second-order valence-electron chi connectivity index (χ2n) is 8.86. The fourth-order valence-corrected chi connectivity index (χ4v) is 4.94. The number of carboxylic acids is 1. The summed E-state index contributed by atoms with van der Waals surface area (Å²) in [5.74, 6) is 0.808. The Morgan fingerprint density at radius 3 is 2.59 bits per heavy atom. The molecule has 2 unspecified atom stereocenters. The Kier molecular flexibility index (Phi) is 6.86. The van der Waals surface area contributed by atoms with E-state index in [-0.39, 0.29) is 23.8 Å². The number of hydrogen-bond donors (Lipinski definition) is 2. The average Bonchev–Trinajstić information content (AvgIpc) is 3.49. The molecule has 2 aromatic carbocycles. The molecule has 1 aliphatic heterocycles. The minimum atomic E-state index is -1.04. The Hall–Kier alpha value is -3.88. The summed E-state index contributed by atoms with van der Waals surface area (Å²) in [6, 6.07) is 21.0. The molecular formula is C28H24ClN3O4S. The number of anilines is 1. The zero-order valence-electron chi connectivity index (χ0n) is 20.1. The van der Waals surface area contributed by atoms with E-state index in [9.17, 15) is 9.90 Å². The van der Waals surface area contributed by atoms with Gasteiger partial charge in [0.2, 0.25) is 0 Å². The SMILES string of the molecule is CC(C)Oc1ccc(N2C(=S)NC(c3ccccn3)C2c2ccc(-c3cc(C(=O)O)ccc3Cl)o2)cc1. The summed E-state index contributed by atoms with van der Waals surface area (Å²) in [6.45, 7) is 3.96. The molecule has 2 aromatic heterocycles. The number of aromatic carboxylic acids is 1. The molecule has 3 heterocycles. The Labute approximate surface area is 224 Å². The predicted molar refractivity (Wildman–Crippen MR) is 146 cm³/mol. The van der Waals surface area contributed by atoms with Crippen molar-refractivity contribution >= 4 is 40.6 Å². The molecule has 2 atom stereocenters. The third-order valence-corrected chi connectivity index (χ3v) is 6.63. The maximum atomic E-state index is 11.5. The Bertz CT molecular complexity index is 1440. The summed E-state index contributed by atoms with van der Waals surface area (Å²) in [5.41, 5.74) is 2.29. The maximum absolute atomic E-state index is 11.5. The number of furan rings is 1. The molecule has 4 aromatic rings. The third kappa shape index (κ3) is 5.03. The van der Waals surface area contributed by atoms with Crippen molar-refractivity contribution in [1.82, 2.24) is 10.3 Å². The van der Waals surface area contributed by atoms with E-state index in [0.29, 0.717) is 27.2 Å². The van der Waals surface area contributed by atoms with E-state index in [1.807, 2.05) is 67.3 Å². The number of rotatable bonds is 7. The highest BCUT2D eigenvalue weighted by Crippen LogP contribution is 2.43. The molecule has 0 radical (unpaired) electrons. The van der Waals surface area contributed by atoms with Gasteiger partial charge in [-0.2, -0.15) is 0 Å². The van der Waals surface area contributed by atoms with Gasteiger partial charge in [-0.1, -0.05) is 17.7 Å². The lowest BCUT2D eigenvalue weighted by Crippen LogP contribution is -2.29. The highest BCUT2D eigenvalue weighted by atomic mass is 35.5. The van der Waals surface area contributed by atoms with Gasteiger partial charge in [-0.3, -0.25) is 4.98 Å². The highest BCUT2D eigenvalue weighted by Gasteiger charge is 2.42. The first-order chi connectivity index (χ1) is 17.8. The number of nitrogens with one attached hydrogen (secondary N) is 1. The highest BCUT2D eigenvalue weighted by molar-refractivity contribution is 7.80. The first-order valence-corrected chi connectivity index (χ1v) is 12.5. The smallest absolute Gasteiger partial charge is 0.335 e. The van der Waals surface area contributed by atoms with Crippen LogP contribution in [0.3, 0.4) is 0 Å². The minimum Gasteiger partial charge on any atom is -0.491 e. The number of carboxylic acid groups (broad SMARTS) is 1. The van der Waals surface area contributed by atoms with Crippen LogP contribution in [-0.4, -0.2) is 27.3 Å². The van der Waals surface area contributed by atoms with Gasteiger partial charge in [0.05, 0.1) is 28.4 Å². The number of carbonyl (C=O) groups is 1. The molecule has 7 nitrogen and oxygen atoms in total. The van der Waals surface area contributed by atoms with Gasteiger partial charge in [0.15, 0.2) is 5.11 Å². The summed E-state index contributed by atoms with van der Waals surface area (Å²) in [5, 5.41) is 13.7. The maximum Gasteiger partial charge on any atom is 0.335 e. The Balaban J connectivity index is 1.57. The van der Waals surface area contributed by atoms with E-state index < -0.39 is 5.97 Å². The number of hydrogen-bond acceptors (Lipinski definition) is 5. The molecule has 5 rings (SSSR count). The third-order valence-electron chi connectivity index (χ3n) is 5.98. The lowest BCUT2D eigenvalue weighted by atomic mass is 10.0. The lowest BCUT2D eigenvalue weighted by Gasteiger charge is -2.26. The number of aromatic nitrogens is 1. The standard InChI is InChI=1S/C28H24ClN3O4S/c1-16(2)35-19-9-7-18(8-10-19)32-26(25(31-28(32)37)22-5-3-4-14-30-22)24-13-12-23(36-24)20-15-17(27(33)34)6-11-21(20)29/h3-16,25-26H,1-2H3,(H,31,37)(H,33,34). The van der Waals surface area contributed by atoms with Crippen molar-refractivity contribution in [1.29, 1.82) is 0 Å². The van der Waals surface area contributed by atoms with E-state index in [1.165, 1.54) is 12.1 Å². The van der Waals surface area contributed by atoms with Gasteiger partial charge >= 0.3 is 5.97 Å². The van der Waals surface area contributed by atoms with Crippen LogP contribution in [0.25, 0.3) is 11.3 Å². The molecule has 0 saturated carbocycles. The first kappa shape index (κ1) is 24.8. The molecule has 9 heteroatoms. The monoisotopic (exact) mass is 533 g/mol. The molecule has 188 valence electrons. The van der Waals surface area contributed by atoms with Crippen molar-refractivity contribution in [2.45, 2.75) is 32.0 Å². The predicted octanol–water partition coefficient (Wildman–Crippen LogP) is 6.66. The summed E-state index contributed by atoms with van der Waals surface area (Å²) in [4.78, 5) is 18.1. The van der Waals surface area contributed by atoms with Gasteiger partial charge < -0.3 is 24.5 Å². The number of nitrogens with zero attached hydrogens (tertiary/aromatic N) is 2. The van der Waals surface area contributed by atoms with Crippen LogP contribution in [0.1, 0.15) is 47.7 Å². The first-order valence-electron chi connectivity index (χ1n) is 11.7. The summed E-state index contributed by atoms with van der Waals surface area (Å²) < 4.78 is 12.1. The number of ether oxygens (including phenoxy) is 1. The van der Waals surface area contributed by atoms with Crippen LogP contribution in [-0.2, 0) is 0 Å². The van der Waals surface area contributed by atoms with Crippen LogP contribution in [0.2, 0.25) is 5.02 Å². The fourth-order valence-electron chi connectivity index (χ4n) is 4.38. The average molecular weight is 534 g/mol. The van der Waals surface area contributed by atoms with Gasteiger partial charge in [0, 0.05) is 17.4 Å². The quantitative estimate of drug-likeness (QED) is 0.255. The van der Waals surface area contributed by atoms with Crippen LogP contribution >= 0.6 is 23.8 Å². The molecule has 1 saturated heterocycles. The van der Waals surface area contributed by atoms with Crippen LogP contribution in [0, 0.1) is 0 Å². The molecule has 0 bridgehead atoms. The lowest BCUT2D eigenvalue weighted by molar-refractivity contribution is 0.0697. The zero-order chi connectivity index (χ0) is 26.1. The molecule has 2 N–H and O–H groups in total. The van der Waals surface area contributed by atoms with Gasteiger partial charge in [0.25, 0.3) is 0 Å². The topological polar surface area (TPSA) is 87.8 Å². The molecule has 0 amide bonds. The van der Waals surface area contributed by atoms with Gasteiger partial charge in [0.1, 0.15) is 23.3 Å². The van der Waals surface area contributed by atoms with Crippen LogP contribution in [0.4, 0.5) is 5.69 Å². The Morgan fingerprint density at radius 1 is 1.14 bits per heavy atom. The van der Waals surface area contributed by atoms with E-state index in [4.69, 9.17) is 33.0 Å². The number of benzene rings is 2. The second-order valence-corrected chi connectivity index (χ2v) is 9.65. The van der Waals surface area contributed by atoms with Crippen molar-refractivity contribution in [3.05, 3.63) is 101 Å². The summed E-state index contributed by atoms with van der Waals surface area (Å²) >= 11 is 12.2.